The number of amides is 2. The van der Waals surface area contributed by atoms with E-state index in [9.17, 15) is 4.79 Å². The van der Waals surface area contributed by atoms with E-state index in [1.807, 2.05) is 36.4 Å². The molecule has 0 saturated carbocycles. The predicted octanol–water partition coefficient (Wildman–Crippen LogP) is 3.79. The van der Waals surface area contributed by atoms with Crippen LogP contribution in [0.4, 0.5) is 10.5 Å². The van der Waals surface area contributed by atoms with Crippen molar-refractivity contribution >= 4 is 11.7 Å². The van der Waals surface area contributed by atoms with Gasteiger partial charge in [-0.1, -0.05) is 50.2 Å². The van der Waals surface area contributed by atoms with Crippen LogP contribution in [0.25, 0.3) is 0 Å². The zero-order valence-electron chi connectivity index (χ0n) is 13.2. The number of urea groups is 1. The number of anilines is 1. The highest BCUT2D eigenvalue weighted by molar-refractivity contribution is 5.89. The number of hydrogen-bond acceptors (Lipinski definition) is 2. The molecule has 0 aliphatic heterocycles. The summed E-state index contributed by atoms with van der Waals surface area (Å²) in [4.78, 5) is 12.0. The number of benzene rings is 2. The maximum atomic E-state index is 12.0. The number of carbonyl (C=O) groups excluding carboxylic acids is 1. The molecule has 0 aliphatic rings. The van der Waals surface area contributed by atoms with E-state index in [4.69, 9.17) is 4.74 Å². The predicted molar refractivity (Wildman–Crippen MR) is 89.5 cm³/mol. The Bertz CT molecular complexity index is 624. The summed E-state index contributed by atoms with van der Waals surface area (Å²) in [6.45, 7) is 4.76. The van der Waals surface area contributed by atoms with Gasteiger partial charge < -0.3 is 15.4 Å². The van der Waals surface area contributed by atoms with Crippen molar-refractivity contribution in [3.05, 3.63) is 60.2 Å². The number of carbonyl (C=O) groups is 1. The van der Waals surface area contributed by atoms with Crippen LogP contribution in [0, 0.1) is 0 Å². The van der Waals surface area contributed by atoms with E-state index in [2.05, 4.69) is 36.6 Å². The number of hydrogen-bond donors (Lipinski definition) is 2. The van der Waals surface area contributed by atoms with Crippen LogP contribution in [0.15, 0.2) is 54.6 Å². The lowest BCUT2D eigenvalue weighted by Gasteiger charge is -2.25. The zero-order chi connectivity index (χ0) is 16.0. The number of ether oxygens (including phenoxy) is 1. The average molecular weight is 298 g/mol. The van der Waals surface area contributed by atoms with Crippen LogP contribution >= 0.6 is 0 Å². The lowest BCUT2D eigenvalue weighted by atomic mass is 9.85. The van der Waals surface area contributed by atoms with E-state index < -0.39 is 0 Å². The largest absolute Gasteiger partial charge is 0.497 e. The van der Waals surface area contributed by atoms with Crippen LogP contribution in [-0.2, 0) is 5.41 Å². The Morgan fingerprint density at radius 1 is 1.09 bits per heavy atom. The molecule has 0 fully saturated rings. The van der Waals surface area contributed by atoms with Gasteiger partial charge in [0.1, 0.15) is 5.75 Å². The molecule has 0 aromatic heterocycles. The Hall–Kier alpha value is -2.49. The van der Waals surface area contributed by atoms with E-state index in [0.717, 1.165) is 0 Å². The first kappa shape index (κ1) is 15.9. The van der Waals surface area contributed by atoms with Crippen molar-refractivity contribution in [3.63, 3.8) is 0 Å². The van der Waals surface area contributed by atoms with Gasteiger partial charge in [-0.2, -0.15) is 0 Å². The Labute approximate surface area is 131 Å². The third-order valence-corrected chi connectivity index (χ3v) is 3.57. The fourth-order valence-corrected chi connectivity index (χ4v) is 2.17. The molecule has 0 aliphatic carbocycles. The van der Waals surface area contributed by atoms with Crippen molar-refractivity contribution in [3.8, 4) is 5.75 Å². The molecule has 4 nitrogen and oxygen atoms in total. The molecule has 0 spiro atoms. The molecular formula is C18H22N2O2. The van der Waals surface area contributed by atoms with Crippen molar-refractivity contribution in [2.24, 2.45) is 0 Å². The van der Waals surface area contributed by atoms with Gasteiger partial charge in [0.15, 0.2) is 0 Å². The normalized spacial score (nSPS) is 10.9. The maximum absolute atomic E-state index is 12.0. The minimum Gasteiger partial charge on any atom is -0.497 e. The van der Waals surface area contributed by atoms with E-state index in [-0.39, 0.29) is 11.4 Å². The molecule has 2 aromatic carbocycles. The molecule has 0 unspecified atom stereocenters. The molecule has 0 radical (unpaired) electrons. The zero-order valence-corrected chi connectivity index (χ0v) is 13.2. The van der Waals surface area contributed by atoms with Crippen LogP contribution in [0.3, 0.4) is 0 Å². The Kier molecular flexibility index (Phi) is 5.04. The molecule has 0 saturated heterocycles. The third-order valence-electron chi connectivity index (χ3n) is 3.57. The van der Waals surface area contributed by atoms with E-state index in [0.29, 0.717) is 18.0 Å². The summed E-state index contributed by atoms with van der Waals surface area (Å²) >= 11 is 0. The highest BCUT2D eigenvalue weighted by Crippen LogP contribution is 2.22. The fraction of sp³-hybridized carbons (Fsp3) is 0.278. The minimum absolute atomic E-state index is 0.132. The average Bonchev–Trinajstić information content (AvgIpc) is 2.54. The van der Waals surface area contributed by atoms with Gasteiger partial charge in [-0.25, -0.2) is 4.79 Å². The first-order valence-electron chi connectivity index (χ1n) is 7.26. The first-order chi connectivity index (χ1) is 10.5. The maximum Gasteiger partial charge on any atom is 0.319 e. The minimum atomic E-state index is -0.225. The van der Waals surface area contributed by atoms with E-state index >= 15 is 0 Å². The van der Waals surface area contributed by atoms with Gasteiger partial charge in [0.25, 0.3) is 0 Å². The molecule has 116 valence electrons. The molecular weight excluding hydrogens is 276 g/mol. The standard InChI is InChI=1S/C18H22N2O2/c1-18(2,14-8-5-4-6-9-14)13-19-17(21)20-15-10-7-11-16(12-15)22-3/h4-12H,13H2,1-3H3,(H2,19,20,21). The van der Waals surface area contributed by atoms with Crippen LogP contribution < -0.4 is 15.4 Å². The third kappa shape index (κ3) is 4.25. The summed E-state index contributed by atoms with van der Waals surface area (Å²) in [5.74, 6) is 0.711. The summed E-state index contributed by atoms with van der Waals surface area (Å²) in [7, 11) is 1.60. The van der Waals surface area contributed by atoms with Crippen molar-refractivity contribution in [1.29, 1.82) is 0 Å². The van der Waals surface area contributed by atoms with Crippen LogP contribution in [0.2, 0.25) is 0 Å². The molecule has 4 heteroatoms. The Morgan fingerprint density at radius 3 is 2.50 bits per heavy atom. The molecule has 0 atom stereocenters. The van der Waals surface area contributed by atoms with Crippen LogP contribution in [0.1, 0.15) is 19.4 Å². The molecule has 2 N–H and O–H groups in total. The van der Waals surface area contributed by atoms with Gasteiger partial charge in [0.05, 0.1) is 7.11 Å². The lowest BCUT2D eigenvalue weighted by Crippen LogP contribution is -2.38. The second kappa shape index (κ2) is 6.98. The second-order valence-electron chi connectivity index (χ2n) is 5.79. The molecule has 2 rings (SSSR count). The van der Waals surface area contributed by atoms with Crippen LogP contribution in [0.5, 0.6) is 5.75 Å². The number of methoxy groups -OCH3 is 1. The summed E-state index contributed by atoms with van der Waals surface area (Å²) in [5.41, 5.74) is 1.76. The SMILES string of the molecule is COc1cccc(NC(=O)NCC(C)(C)c2ccccc2)c1. The van der Waals surface area contributed by atoms with Crippen molar-refractivity contribution in [2.75, 3.05) is 19.0 Å². The quantitative estimate of drug-likeness (QED) is 0.882. The molecule has 2 aromatic rings. The lowest BCUT2D eigenvalue weighted by molar-refractivity contribution is 0.249. The van der Waals surface area contributed by atoms with Gasteiger partial charge >= 0.3 is 6.03 Å². The monoisotopic (exact) mass is 298 g/mol. The van der Waals surface area contributed by atoms with Gasteiger partial charge in [-0.15, -0.1) is 0 Å². The Morgan fingerprint density at radius 2 is 1.82 bits per heavy atom. The van der Waals surface area contributed by atoms with Gasteiger partial charge in [0.2, 0.25) is 0 Å². The van der Waals surface area contributed by atoms with Gasteiger partial charge in [0, 0.05) is 23.7 Å². The fourth-order valence-electron chi connectivity index (χ4n) is 2.17. The first-order valence-corrected chi connectivity index (χ1v) is 7.26. The number of rotatable bonds is 5. The van der Waals surface area contributed by atoms with Crippen molar-refractivity contribution in [1.82, 2.24) is 5.32 Å². The van der Waals surface area contributed by atoms with Gasteiger partial charge in [-0.3, -0.25) is 0 Å². The smallest absolute Gasteiger partial charge is 0.319 e. The van der Waals surface area contributed by atoms with Crippen molar-refractivity contribution < 1.29 is 9.53 Å². The summed E-state index contributed by atoms with van der Waals surface area (Å²) in [6.07, 6.45) is 0. The van der Waals surface area contributed by atoms with Crippen LogP contribution in [-0.4, -0.2) is 19.7 Å². The molecule has 0 heterocycles. The number of nitrogens with one attached hydrogen (secondary N) is 2. The topological polar surface area (TPSA) is 50.4 Å². The van der Waals surface area contributed by atoms with E-state index in [1.165, 1.54) is 5.56 Å². The van der Waals surface area contributed by atoms with Gasteiger partial charge in [-0.05, 0) is 17.7 Å². The highest BCUT2D eigenvalue weighted by atomic mass is 16.5. The molecule has 0 bridgehead atoms. The molecule has 2 amide bonds. The molecule has 22 heavy (non-hydrogen) atoms. The summed E-state index contributed by atoms with van der Waals surface area (Å²) in [5, 5.41) is 5.73. The van der Waals surface area contributed by atoms with E-state index in [1.54, 1.807) is 13.2 Å². The second-order valence-corrected chi connectivity index (χ2v) is 5.79. The highest BCUT2D eigenvalue weighted by Gasteiger charge is 2.21. The Balaban J connectivity index is 1.92. The summed E-state index contributed by atoms with van der Waals surface area (Å²) in [6, 6.07) is 17.2. The van der Waals surface area contributed by atoms with Crippen molar-refractivity contribution in [2.45, 2.75) is 19.3 Å². The summed E-state index contributed by atoms with van der Waals surface area (Å²) < 4.78 is 5.14.